The molecule has 4 rings (SSSR count). The molecule has 0 saturated heterocycles. The van der Waals surface area contributed by atoms with Crippen LogP contribution in [0.4, 0.5) is 11.5 Å². The lowest BCUT2D eigenvalue weighted by Gasteiger charge is -2.22. The largest absolute Gasteiger partial charge is 0.497 e. The van der Waals surface area contributed by atoms with E-state index in [4.69, 9.17) is 4.74 Å². The summed E-state index contributed by atoms with van der Waals surface area (Å²) in [4.78, 5) is 26.1. The van der Waals surface area contributed by atoms with Crippen molar-refractivity contribution in [2.75, 3.05) is 30.4 Å². The van der Waals surface area contributed by atoms with Crippen LogP contribution in [0.15, 0.2) is 30.6 Å². The van der Waals surface area contributed by atoms with Crippen LogP contribution in [0.2, 0.25) is 0 Å². The smallest absolute Gasteiger partial charge is 0.243 e. The minimum Gasteiger partial charge on any atom is -0.497 e. The first-order chi connectivity index (χ1) is 13.2. The number of benzene rings is 1. The Balaban J connectivity index is 1.57. The molecule has 0 saturated carbocycles. The van der Waals surface area contributed by atoms with Gasteiger partial charge in [0.2, 0.25) is 5.91 Å². The predicted octanol–water partition coefficient (Wildman–Crippen LogP) is 3.65. The van der Waals surface area contributed by atoms with Gasteiger partial charge in [-0.25, -0.2) is 9.97 Å². The second-order valence-corrected chi connectivity index (χ2v) is 7.61. The molecule has 1 N–H and O–H groups in total. The standard InChI is InChI=1S/C20H22N4O2S/c1-3-24(11-17(25)23-13-6-4-7-14(10-13)26-2)19-18-15-8-5-9-16(15)27-20(18)22-12-21-19/h4,6-7,10,12H,3,5,8-9,11H2,1-2H3,(H,23,25). The predicted molar refractivity (Wildman–Crippen MR) is 109 cm³/mol. The lowest BCUT2D eigenvalue weighted by molar-refractivity contribution is -0.115. The van der Waals surface area contributed by atoms with Gasteiger partial charge in [0.05, 0.1) is 19.0 Å². The first-order valence-electron chi connectivity index (χ1n) is 9.13. The van der Waals surface area contributed by atoms with Gasteiger partial charge in [-0.3, -0.25) is 4.79 Å². The summed E-state index contributed by atoms with van der Waals surface area (Å²) in [5, 5.41) is 4.07. The Bertz CT molecular complexity index is 985. The number of anilines is 2. The van der Waals surface area contributed by atoms with Crippen molar-refractivity contribution >= 4 is 39.0 Å². The molecule has 0 atom stereocenters. The van der Waals surface area contributed by atoms with E-state index < -0.39 is 0 Å². The third-order valence-electron chi connectivity index (χ3n) is 4.85. The van der Waals surface area contributed by atoms with Gasteiger partial charge < -0.3 is 15.0 Å². The number of nitrogens with zero attached hydrogens (tertiary/aromatic N) is 3. The van der Waals surface area contributed by atoms with Gasteiger partial charge in [-0.1, -0.05) is 6.07 Å². The molecule has 0 spiro atoms. The molecule has 2 aromatic heterocycles. The quantitative estimate of drug-likeness (QED) is 0.705. The molecular formula is C20H22N4O2S. The lowest BCUT2D eigenvalue weighted by atomic mass is 10.2. The molecule has 0 unspecified atom stereocenters. The number of ether oxygens (including phenoxy) is 1. The van der Waals surface area contributed by atoms with Crippen LogP contribution in [0.5, 0.6) is 5.75 Å². The summed E-state index contributed by atoms with van der Waals surface area (Å²) in [6.45, 7) is 2.98. The molecule has 1 aromatic carbocycles. The molecule has 1 amide bonds. The summed E-state index contributed by atoms with van der Waals surface area (Å²) in [6, 6.07) is 7.37. The summed E-state index contributed by atoms with van der Waals surface area (Å²) < 4.78 is 5.21. The molecule has 0 radical (unpaired) electrons. The van der Waals surface area contributed by atoms with E-state index >= 15 is 0 Å². The summed E-state index contributed by atoms with van der Waals surface area (Å²) >= 11 is 1.76. The number of aryl methyl sites for hydroxylation is 2. The van der Waals surface area contributed by atoms with Crippen molar-refractivity contribution in [2.24, 2.45) is 0 Å². The maximum Gasteiger partial charge on any atom is 0.243 e. The zero-order valence-electron chi connectivity index (χ0n) is 15.5. The summed E-state index contributed by atoms with van der Waals surface area (Å²) in [5.41, 5.74) is 2.09. The van der Waals surface area contributed by atoms with E-state index in [0.29, 0.717) is 12.3 Å². The van der Waals surface area contributed by atoms with E-state index in [0.717, 1.165) is 34.6 Å². The van der Waals surface area contributed by atoms with E-state index in [-0.39, 0.29) is 12.5 Å². The van der Waals surface area contributed by atoms with Crippen molar-refractivity contribution < 1.29 is 9.53 Å². The Labute approximate surface area is 162 Å². The molecular weight excluding hydrogens is 360 g/mol. The summed E-state index contributed by atoms with van der Waals surface area (Å²) in [5.74, 6) is 1.50. The molecule has 0 bridgehead atoms. The number of hydrogen-bond acceptors (Lipinski definition) is 6. The third kappa shape index (κ3) is 3.47. The van der Waals surface area contributed by atoms with E-state index in [9.17, 15) is 4.79 Å². The molecule has 2 heterocycles. The highest BCUT2D eigenvalue weighted by Gasteiger charge is 2.24. The molecule has 6 nitrogen and oxygen atoms in total. The average Bonchev–Trinajstić information content (AvgIpc) is 3.27. The van der Waals surface area contributed by atoms with Crippen LogP contribution in [0, 0.1) is 0 Å². The van der Waals surface area contributed by atoms with Crippen LogP contribution in [-0.2, 0) is 17.6 Å². The fraction of sp³-hybridized carbons (Fsp3) is 0.350. The molecule has 1 aliphatic carbocycles. The van der Waals surface area contributed by atoms with Crippen molar-refractivity contribution in [3.63, 3.8) is 0 Å². The minimum absolute atomic E-state index is 0.0799. The normalized spacial score (nSPS) is 12.8. The molecule has 1 aliphatic rings. The number of fused-ring (bicyclic) bond motifs is 3. The van der Waals surface area contributed by atoms with E-state index in [2.05, 4.69) is 15.3 Å². The Kier molecular flexibility index (Phi) is 4.94. The molecule has 0 aliphatic heterocycles. The second kappa shape index (κ2) is 7.52. The van der Waals surface area contributed by atoms with Gasteiger partial charge >= 0.3 is 0 Å². The van der Waals surface area contributed by atoms with E-state index in [1.165, 1.54) is 16.9 Å². The number of aromatic nitrogens is 2. The number of methoxy groups -OCH3 is 1. The van der Waals surface area contributed by atoms with Crippen LogP contribution >= 0.6 is 11.3 Å². The Hall–Kier alpha value is -2.67. The molecule has 27 heavy (non-hydrogen) atoms. The number of thiophene rings is 1. The van der Waals surface area contributed by atoms with Crippen LogP contribution < -0.4 is 15.0 Å². The number of nitrogens with one attached hydrogen (secondary N) is 1. The van der Waals surface area contributed by atoms with Crippen molar-refractivity contribution in [3.8, 4) is 5.75 Å². The first kappa shape index (κ1) is 17.7. The summed E-state index contributed by atoms with van der Waals surface area (Å²) in [7, 11) is 1.61. The molecule has 0 fully saturated rings. The van der Waals surface area contributed by atoms with Gasteiger partial charge in [0, 0.05) is 23.2 Å². The van der Waals surface area contributed by atoms with Crippen LogP contribution in [-0.4, -0.2) is 36.1 Å². The third-order valence-corrected chi connectivity index (χ3v) is 6.05. The fourth-order valence-corrected chi connectivity index (χ4v) is 4.79. The van der Waals surface area contributed by atoms with Gasteiger partial charge in [-0.05, 0) is 43.9 Å². The SMILES string of the molecule is CCN(CC(=O)Nc1cccc(OC)c1)c1ncnc2sc3c(c12)CCC3. The van der Waals surface area contributed by atoms with Crippen molar-refractivity contribution in [1.82, 2.24) is 9.97 Å². The lowest BCUT2D eigenvalue weighted by Crippen LogP contribution is -2.34. The number of amides is 1. The number of likely N-dealkylation sites (N-methyl/N-ethyl adjacent to an activating group) is 1. The van der Waals surface area contributed by atoms with Crippen LogP contribution in [0.3, 0.4) is 0 Å². The monoisotopic (exact) mass is 382 g/mol. The number of rotatable bonds is 6. The highest BCUT2D eigenvalue weighted by molar-refractivity contribution is 7.19. The summed E-state index contributed by atoms with van der Waals surface area (Å²) in [6.07, 6.45) is 4.99. The van der Waals surface area contributed by atoms with Gasteiger partial charge in [0.25, 0.3) is 0 Å². The highest BCUT2D eigenvalue weighted by atomic mass is 32.1. The van der Waals surface area contributed by atoms with Crippen molar-refractivity contribution in [1.29, 1.82) is 0 Å². The molecule has 140 valence electrons. The Morgan fingerprint density at radius 3 is 3.04 bits per heavy atom. The minimum atomic E-state index is -0.0799. The van der Waals surface area contributed by atoms with Crippen LogP contribution in [0.1, 0.15) is 23.8 Å². The van der Waals surface area contributed by atoms with Crippen molar-refractivity contribution in [2.45, 2.75) is 26.2 Å². The zero-order valence-corrected chi connectivity index (χ0v) is 16.3. The number of hydrogen-bond donors (Lipinski definition) is 1. The zero-order chi connectivity index (χ0) is 18.8. The first-order valence-corrected chi connectivity index (χ1v) is 9.95. The average molecular weight is 382 g/mol. The van der Waals surface area contributed by atoms with Gasteiger partial charge in [0.1, 0.15) is 22.7 Å². The van der Waals surface area contributed by atoms with Gasteiger partial charge in [-0.15, -0.1) is 11.3 Å². The van der Waals surface area contributed by atoms with E-state index in [1.807, 2.05) is 36.1 Å². The van der Waals surface area contributed by atoms with Crippen molar-refractivity contribution in [3.05, 3.63) is 41.0 Å². The highest BCUT2D eigenvalue weighted by Crippen LogP contribution is 2.40. The fourth-order valence-electron chi connectivity index (χ4n) is 3.56. The Morgan fingerprint density at radius 2 is 2.22 bits per heavy atom. The Morgan fingerprint density at radius 1 is 1.33 bits per heavy atom. The topological polar surface area (TPSA) is 67.4 Å². The van der Waals surface area contributed by atoms with Crippen LogP contribution in [0.25, 0.3) is 10.2 Å². The molecule has 3 aromatic rings. The van der Waals surface area contributed by atoms with Gasteiger partial charge in [0.15, 0.2) is 0 Å². The van der Waals surface area contributed by atoms with E-state index in [1.54, 1.807) is 24.8 Å². The maximum absolute atomic E-state index is 12.6. The number of carbonyl (C=O) groups excluding carboxylic acids is 1. The second-order valence-electron chi connectivity index (χ2n) is 6.53. The molecule has 7 heteroatoms. The maximum atomic E-state index is 12.6. The number of carbonyl (C=O) groups is 1. The van der Waals surface area contributed by atoms with Gasteiger partial charge in [-0.2, -0.15) is 0 Å².